The Balaban J connectivity index is 1.93. The lowest BCUT2D eigenvalue weighted by atomic mass is 9.82. The third kappa shape index (κ3) is 2.71. The molecule has 1 heterocycles. The van der Waals surface area contributed by atoms with Crippen molar-refractivity contribution >= 4 is 22.6 Å². The summed E-state index contributed by atoms with van der Waals surface area (Å²) in [7, 11) is 0. The van der Waals surface area contributed by atoms with Gasteiger partial charge < -0.3 is 4.57 Å². The highest BCUT2D eigenvalue weighted by molar-refractivity contribution is 6.16. The Hall–Kier alpha value is -1.02. The van der Waals surface area contributed by atoms with Crippen LogP contribution in [-0.2, 0) is 12.4 Å². The first kappa shape index (κ1) is 13.9. The number of hydrogen-bond donors (Lipinski definition) is 0. The predicted octanol–water partition coefficient (Wildman–Crippen LogP) is 4.91. The summed E-state index contributed by atoms with van der Waals surface area (Å²) in [6.07, 6.45) is 5.45. The van der Waals surface area contributed by atoms with Gasteiger partial charge in [-0.05, 0) is 49.3 Å². The molecule has 1 aliphatic rings. The van der Waals surface area contributed by atoms with Gasteiger partial charge in [-0.2, -0.15) is 0 Å². The van der Waals surface area contributed by atoms with E-state index in [4.69, 9.17) is 16.6 Å². The minimum absolute atomic E-state index is 0.496. The van der Waals surface area contributed by atoms with Crippen LogP contribution in [0.2, 0.25) is 0 Å². The van der Waals surface area contributed by atoms with Crippen molar-refractivity contribution in [2.24, 2.45) is 11.8 Å². The number of aromatic nitrogens is 2. The van der Waals surface area contributed by atoms with Crippen molar-refractivity contribution < 1.29 is 0 Å². The van der Waals surface area contributed by atoms with Gasteiger partial charge >= 0.3 is 0 Å². The maximum absolute atomic E-state index is 6.11. The fourth-order valence-corrected chi connectivity index (χ4v) is 3.78. The molecule has 0 aliphatic heterocycles. The zero-order valence-corrected chi connectivity index (χ0v) is 13.2. The number of imidazole rings is 1. The molecule has 3 heteroatoms. The summed E-state index contributed by atoms with van der Waals surface area (Å²) in [4.78, 5) is 4.71. The average molecular weight is 291 g/mol. The second-order valence-electron chi connectivity index (χ2n) is 6.40. The van der Waals surface area contributed by atoms with E-state index in [0.29, 0.717) is 5.88 Å². The van der Waals surface area contributed by atoms with E-state index in [0.717, 1.165) is 29.7 Å². The summed E-state index contributed by atoms with van der Waals surface area (Å²) in [5.74, 6) is 3.16. The van der Waals surface area contributed by atoms with E-state index >= 15 is 0 Å². The number of aryl methyl sites for hydroxylation is 1. The standard InChI is InChI=1S/C17H23ClN2/c1-12-4-3-5-14(8-12)11-20-16-7-6-13(2)9-15(16)19-17(20)10-18/h6-7,9,12,14H,3-5,8,10-11H2,1-2H3. The topological polar surface area (TPSA) is 17.8 Å². The minimum atomic E-state index is 0.496. The minimum Gasteiger partial charge on any atom is -0.327 e. The lowest BCUT2D eigenvalue weighted by molar-refractivity contribution is 0.257. The van der Waals surface area contributed by atoms with Gasteiger partial charge in [-0.1, -0.05) is 25.8 Å². The van der Waals surface area contributed by atoms with Crippen molar-refractivity contribution in [2.45, 2.75) is 52.0 Å². The normalized spacial score (nSPS) is 23.4. The van der Waals surface area contributed by atoms with E-state index in [1.54, 1.807) is 0 Å². The van der Waals surface area contributed by atoms with Crippen LogP contribution in [0.5, 0.6) is 0 Å². The van der Waals surface area contributed by atoms with Crippen molar-refractivity contribution in [3.8, 4) is 0 Å². The predicted molar refractivity (Wildman–Crippen MR) is 85.1 cm³/mol. The monoisotopic (exact) mass is 290 g/mol. The highest BCUT2D eigenvalue weighted by atomic mass is 35.5. The molecular weight excluding hydrogens is 268 g/mol. The molecule has 0 saturated heterocycles. The average Bonchev–Trinajstić information content (AvgIpc) is 2.76. The zero-order valence-electron chi connectivity index (χ0n) is 12.4. The summed E-state index contributed by atoms with van der Waals surface area (Å²) in [5, 5.41) is 0. The third-order valence-corrected chi connectivity index (χ3v) is 4.83. The van der Waals surface area contributed by atoms with Gasteiger partial charge in [0.15, 0.2) is 0 Å². The Bertz CT molecular complexity index is 602. The zero-order chi connectivity index (χ0) is 14.1. The Morgan fingerprint density at radius 1 is 1.35 bits per heavy atom. The van der Waals surface area contributed by atoms with Crippen LogP contribution in [-0.4, -0.2) is 9.55 Å². The smallest absolute Gasteiger partial charge is 0.124 e. The van der Waals surface area contributed by atoms with Crippen molar-refractivity contribution in [3.05, 3.63) is 29.6 Å². The van der Waals surface area contributed by atoms with Crippen LogP contribution < -0.4 is 0 Å². The summed E-state index contributed by atoms with van der Waals surface area (Å²) in [5.41, 5.74) is 3.59. The summed E-state index contributed by atoms with van der Waals surface area (Å²) in [6, 6.07) is 6.52. The molecule has 1 aliphatic carbocycles. The molecule has 20 heavy (non-hydrogen) atoms. The third-order valence-electron chi connectivity index (χ3n) is 4.59. The van der Waals surface area contributed by atoms with Crippen molar-refractivity contribution in [2.75, 3.05) is 0 Å². The molecule has 2 aromatic rings. The van der Waals surface area contributed by atoms with Gasteiger partial charge in [0.2, 0.25) is 0 Å². The van der Waals surface area contributed by atoms with Gasteiger partial charge in [-0.25, -0.2) is 4.98 Å². The maximum atomic E-state index is 6.11. The molecule has 0 bridgehead atoms. The molecule has 108 valence electrons. The second kappa shape index (κ2) is 5.77. The maximum Gasteiger partial charge on any atom is 0.124 e. The quantitative estimate of drug-likeness (QED) is 0.734. The van der Waals surface area contributed by atoms with E-state index in [-0.39, 0.29) is 0 Å². The molecule has 1 aromatic carbocycles. The molecule has 1 aromatic heterocycles. The molecular formula is C17H23ClN2. The number of fused-ring (bicyclic) bond motifs is 1. The number of benzene rings is 1. The van der Waals surface area contributed by atoms with Crippen LogP contribution in [0.3, 0.4) is 0 Å². The van der Waals surface area contributed by atoms with E-state index in [2.05, 4.69) is 36.6 Å². The first-order chi connectivity index (χ1) is 9.67. The van der Waals surface area contributed by atoms with Crippen molar-refractivity contribution in [1.29, 1.82) is 0 Å². The Morgan fingerprint density at radius 2 is 2.20 bits per heavy atom. The molecule has 0 amide bonds. The molecule has 2 nitrogen and oxygen atoms in total. The first-order valence-corrected chi connectivity index (χ1v) is 8.22. The van der Waals surface area contributed by atoms with Gasteiger partial charge in [-0.3, -0.25) is 0 Å². The fraction of sp³-hybridized carbons (Fsp3) is 0.588. The second-order valence-corrected chi connectivity index (χ2v) is 6.67. The number of hydrogen-bond acceptors (Lipinski definition) is 1. The van der Waals surface area contributed by atoms with E-state index < -0.39 is 0 Å². The number of rotatable bonds is 3. The molecule has 2 unspecified atom stereocenters. The van der Waals surface area contributed by atoms with Gasteiger partial charge in [0.05, 0.1) is 16.9 Å². The molecule has 3 rings (SSSR count). The van der Waals surface area contributed by atoms with Crippen molar-refractivity contribution in [1.82, 2.24) is 9.55 Å². The fourth-order valence-electron chi connectivity index (χ4n) is 3.58. The Kier molecular flexibility index (Phi) is 4.02. The molecule has 2 atom stereocenters. The molecule has 0 spiro atoms. The van der Waals surface area contributed by atoms with E-state index in [1.165, 1.54) is 36.8 Å². The van der Waals surface area contributed by atoms with E-state index in [9.17, 15) is 0 Å². The molecule has 0 N–H and O–H groups in total. The lowest BCUT2D eigenvalue weighted by Crippen LogP contribution is -2.19. The van der Waals surface area contributed by atoms with Crippen LogP contribution in [0.1, 0.15) is 44.0 Å². The van der Waals surface area contributed by atoms with Crippen molar-refractivity contribution in [3.63, 3.8) is 0 Å². The van der Waals surface area contributed by atoms with Gasteiger partial charge in [0.25, 0.3) is 0 Å². The Labute approximate surface area is 126 Å². The largest absolute Gasteiger partial charge is 0.327 e. The summed E-state index contributed by atoms with van der Waals surface area (Å²) in [6.45, 7) is 5.57. The summed E-state index contributed by atoms with van der Waals surface area (Å²) >= 11 is 6.11. The van der Waals surface area contributed by atoms with Gasteiger partial charge in [0, 0.05) is 6.54 Å². The SMILES string of the molecule is Cc1ccc2c(c1)nc(CCl)n2CC1CCCC(C)C1. The van der Waals surface area contributed by atoms with E-state index in [1.807, 2.05) is 0 Å². The van der Waals surface area contributed by atoms with Crippen LogP contribution in [0.4, 0.5) is 0 Å². The van der Waals surface area contributed by atoms with Crippen LogP contribution >= 0.6 is 11.6 Å². The number of alkyl halides is 1. The number of nitrogens with zero attached hydrogens (tertiary/aromatic N) is 2. The number of halogens is 1. The van der Waals surface area contributed by atoms with Gasteiger partial charge in [-0.15, -0.1) is 11.6 Å². The highest BCUT2D eigenvalue weighted by Crippen LogP contribution is 2.31. The highest BCUT2D eigenvalue weighted by Gasteiger charge is 2.21. The molecule has 1 fully saturated rings. The summed E-state index contributed by atoms with van der Waals surface area (Å²) < 4.78 is 2.35. The molecule has 1 saturated carbocycles. The van der Waals surface area contributed by atoms with Crippen LogP contribution in [0, 0.1) is 18.8 Å². The molecule has 0 radical (unpaired) electrons. The Morgan fingerprint density at radius 3 is 2.95 bits per heavy atom. The first-order valence-electron chi connectivity index (χ1n) is 7.69. The van der Waals surface area contributed by atoms with Crippen LogP contribution in [0.15, 0.2) is 18.2 Å². The van der Waals surface area contributed by atoms with Crippen LogP contribution in [0.25, 0.3) is 11.0 Å². The lowest BCUT2D eigenvalue weighted by Gasteiger charge is -2.27. The van der Waals surface area contributed by atoms with Gasteiger partial charge in [0.1, 0.15) is 5.82 Å².